The summed E-state index contributed by atoms with van der Waals surface area (Å²) in [6, 6.07) is 0. The third-order valence-corrected chi connectivity index (χ3v) is 3.18. The van der Waals surface area contributed by atoms with Crippen molar-refractivity contribution in [2.75, 3.05) is 53.4 Å². The standard InChI is InChI=1S/C15H35N3/c1-7-18(13-8-12-17(5)6)14-11-16-10-9-15(2,3)4/h16H,7-14H2,1-6H3. The van der Waals surface area contributed by atoms with E-state index in [1.807, 2.05) is 0 Å². The Hall–Kier alpha value is -0.120. The van der Waals surface area contributed by atoms with E-state index in [4.69, 9.17) is 0 Å². The summed E-state index contributed by atoms with van der Waals surface area (Å²) in [6.07, 6.45) is 2.52. The molecule has 0 aromatic heterocycles. The van der Waals surface area contributed by atoms with Gasteiger partial charge in [0, 0.05) is 13.1 Å². The highest BCUT2D eigenvalue weighted by molar-refractivity contribution is 4.64. The minimum atomic E-state index is 0.448. The van der Waals surface area contributed by atoms with Gasteiger partial charge in [0.25, 0.3) is 0 Å². The highest BCUT2D eigenvalue weighted by Gasteiger charge is 2.08. The largest absolute Gasteiger partial charge is 0.315 e. The van der Waals surface area contributed by atoms with Crippen molar-refractivity contribution < 1.29 is 0 Å². The lowest BCUT2D eigenvalue weighted by atomic mass is 9.92. The van der Waals surface area contributed by atoms with Crippen molar-refractivity contribution in [3.63, 3.8) is 0 Å². The summed E-state index contributed by atoms with van der Waals surface area (Å²) in [5.41, 5.74) is 0.448. The molecule has 0 aliphatic heterocycles. The van der Waals surface area contributed by atoms with Crippen molar-refractivity contribution in [1.29, 1.82) is 0 Å². The molecule has 3 heteroatoms. The van der Waals surface area contributed by atoms with Gasteiger partial charge in [-0.25, -0.2) is 0 Å². The van der Waals surface area contributed by atoms with Crippen LogP contribution in [0.15, 0.2) is 0 Å². The maximum Gasteiger partial charge on any atom is 0.0107 e. The Kier molecular flexibility index (Phi) is 9.70. The molecule has 3 nitrogen and oxygen atoms in total. The van der Waals surface area contributed by atoms with E-state index in [0.717, 1.165) is 19.6 Å². The Labute approximate surface area is 115 Å². The van der Waals surface area contributed by atoms with Crippen molar-refractivity contribution in [2.45, 2.75) is 40.5 Å². The van der Waals surface area contributed by atoms with Crippen molar-refractivity contribution in [1.82, 2.24) is 15.1 Å². The molecular weight excluding hydrogens is 222 g/mol. The van der Waals surface area contributed by atoms with Gasteiger partial charge in [0.2, 0.25) is 0 Å². The lowest BCUT2D eigenvalue weighted by Gasteiger charge is -2.22. The Bertz CT molecular complexity index is 185. The molecule has 0 saturated carbocycles. The van der Waals surface area contributed by atoms with Gasteiger partial charge >= 0.3 is 0 Å². The number of nitrogens with zero attached hydrogens (tertiary/aromatic N) is 2. The van der Waals surface area contributed by atoms with Crippen LogP contribution in [0.2, 0.25) is 0 Å². The number of hydrogen-bond donors (Lipinski definition) is 1. The number of hydrogen-bond acceptors (Lipinski definition) is 3. The predicted octanol–water partition coefficient (Wildman–Crippen LogP) is 2.29. The molecule has 18 heavy (non-hydrogen) atoms. The van der Waals surface area contributed by atoms with Crippen LogP contribution in [0.4, 0.5) is 0 Å². The zero-order valence-corrected chi connectivity index (χ0v) is 13.6. The van der Waals surface area contributed by atoms with Gasteiger partial charge in [-0.3, -0.25) is 0 Å². The SMILES string of the molecule is CCN(CCCN(C)C)CCNCCC(C)(C)C. The summed E-state index contributed by atoms with van der Waals surface area (Å²) < 4.78 is 0. The second kappa shape index (κ2) is 9.76. The fourth-order valence-electron chi connectivity index (χ4n) is 1.86. The van der Waals surface area contributed by atoms with Crippen molar-refractivity contribution in [3.8, 4) is 0 Å². The van der Waals surface area contributed by atoms with E-state index in [0.29, 0.717) is 5.41 Å². The van der Waals surface area contributed by atoms with Gasteiger partial charge in [-0.05, 0) is 58.5 Å². The van der Waals surface area contributed by atoms with Gasteiger partial charge in [0.1, 0.15) is 0 Å². The van der Waals surface area contributed by atoms with E-state index in [9.17, 15) is 0 Å². The van der Waals surface area contributed by atoms with E-state index >= 15 is 0 Å². The lowest BCUT2D eigenvalue weighted by Crippen LogP contribution is -2.34. The Morgan fingerprint density at radius 3 is 2.11 bits per heavy atom. The first-order chi connectivity index (χ1) is 8.35. The quantitative estimate of drug-likeness (QED) is 0.606. The molecule has 0 aliphatic carbocycles. The topological polar surface area (TPSA) is 18.5 Å². The van der Waals surface area contributed by atoms with Crippen LogP contribution in [0.3, 0.4) is 0 Å². The van der Waals surface area contributed by atoms with Crippen LogP contribution >= 0.6 is 0 Å². The van der Waals surface area contributed by atoms with Crippen LogP contribution in [-0.4, -0.2) is 63.2 Å². The molecule has 0 radical (unpaired) electrons. The molecule has 0 fully saturated rings. The smallest absolute Gasteiger partial charge is 0.0107 e. The van der Waals surface area contributed by atoms with Gasteiger partial charge in [-0.15, -0.1) is 0 Å². The highest BCUT2D eigenvalue weighted by atomic mass is 15.1. The van der Waals surface area contributed by atoms with Crippen LogP contribution in [-0.2, 0) is 0 Å². The summed E-state index contributed by atoms with van der Waals surface area (Å²) in [5.74, 6) is 0. The molecule has 0 aromatic carbocycles. The van der Waals surface area contributed by atoms with E-state index in [-0.39, 0.29) is 0 Å². The monoisotopic (exact) mass is 257 g/mol. The second-order valence-electron chi connectivity index (χ2n) is 6.65. The molecule has 0 saturated heterocycles. The molecule has 0 rings (SSSR count). The van der Waals surface area contributed by atoms with Crippen LogP contribution < -0.4 is 5.32 Å². The second-order valence-corrected chi connectivity index (χ2v) is 6.65. The maximum absolute atomic E-state index is 3.55. The molecule has 1 N–H and O–H groups in total. The Balaban J connectivity index is 3.50. The fourth-order valence-corrected chi connectivity index (χ4v) is 1.86. The third kappa shape index (κ3) is 12.3. The molecule has 110 valence electrons. The van der Waals surface area contributed by atoms with Crippen LogP contribution in [0.5, 0.6) is 0 Å². The van der Waals surface area contributed by atoms with Crippen molar-refractivity contribution in [2.24, 2.45) is 5.41 Å². The van der Waals surface area contributed by atoms with Crippen molar-refractivity contribution in [3.05, 3.63) is 0 Å². The average molecular weight is 257 g/mol. The summed E-state index contributed by atoms with van der Waals surface area (Å²) >= 11 is 0. The van der Waals surface area contributed by atoms with Gasteiger partial charge in [0.15, 0.2) is 0 Å². The van der Waals surface area contributed by atoms with Gasteiger partial charge in [-0.1, -0.05) is 27.7 Å². The zero-order valence-electron chi connectivity index (χ0n) is 13.6. The molecule has 0 aromatic rings. The molecule has 0 aliphatic rings. The molecular formula is C15H35N3. The minimum absolute atomic E-state index is 0.448. The summed E-state index contributed by atoms with van der Waals surface area (Å²) in [7, 11) is 4.29. The third-order valence-electron chi connectivity index (χ3n) is 3.18. The summed E-state index contributed by atoms with van der Waals surface area (Å²) in [4.78, 5) is 4.79. The predicted molar refractivity (Wildman–Crippen MR) is 82.2 cm³/mol. The molecule has 0 heterocycles. The first-order valence-electron chi connectivity index (χ1n) is 7.43. The van der Waals surface area contributed by atoms with E-state index in [1.165, 1.54) is 32.5 Å². The molecule has 0 unspecified atom stereocenters. The first-order valence-corrected chi connectivity index (χ1v) is 7.43. The average Bonchev–Trinajstić information content (AvgIpc) is 2.24. The lowest BCUT2D eigenvalue weighted by molar-refractivity contribution is 0.263. The first kappa shape index (κ1) is 17.9. The fraction of sp³-hybridized carbons (Fsp3) is 1.00. The van der Waals surface area contributed by atoms with Crippen molar-refractivity contribution >= 4 is 0 Å². The highest BCUT2D eigenvalue weighted by Crippen LogP contribution is 2.16. The molecule has 0 bridgehead atoms. The van der Waals surface area contributed by atoms with Crippen LogP contribution in [0.1, 0.15) is 40.5 Å². The molecule has 0 spiro atoms. The van der Waals surface area contributed by atoms with Crippen LogP contribution in [0.25, 0.3) is 0 Å². The maximum atomic E-state index is 3.55. The summed E-state index contributed by atoms with van der Waals surface area (Å²) in [5, 5.41) is 3.55. The molecule has 0 amide bonds. The van der Waals surface area contributed by atoms with Gasteiger partial charge in [0.05, 0.1) is 0 Å². The minimum Gasteiger partial charge on any atom is -0.315 e. The Morgan fingerprint density at radius 1 is 0.944 bits per heavy atom. The van der Waals surface area contributed by atoms with E-state index in [1.54, 1.807) is 0 Å². The summed E-state index contributed by atoms with van der Waals surface area (Å²) in [6.45, 7) is 16.2. The Morgan fingerprint density at radius 2 is 1.61 bits per heavy atom. The molecule has 0 atom stereocenters. The van der Waals surface area contributed by atoms with Gasteiger partial charge < -0.3 is 15.1 Å². The van der Waals surface area contributed by atoms with E-state index < -0.39 is 0 Å². The van der Waals surface area contributed by atoms with Gasteiger partial charge in [-0.2, -0.15) is 0 Å². The number of rotatable bonds is 10. The number of likely N-dealkylation sites (N-methyl/N-ethyl adjacent to an activating group) is 1. The zero-order chi connectivity index (χ0) is 14.0. The normalized spacial score (nSPS) is 12.7. The van der Waals surface area contributed by atoms with E-state index in [2.05, 4.69) is 56.9 Å². The van der Waals surface area contributed by atoms with Crippen LogP contribution in [0, 0.1) is 5.41 Å². The number of nitrogens with one attached hydrogen (secondary N) is 1.